The van der Waals surface area contributed by atoms with E-state index in [0.717, 1.165) is 5.56 Å². The molecule has 0 radical (unpaired) electrons. The summed E-state index contributed by atoms with van der Waals surface area (Å²) in [5, 5.41) is 0. The van der Waals surface area contributed by atoms with E-state index in [2.05, 4.69) is 4.98 Å². The molecule has 0 unspecified atom stereocenters. The van der Waals surface area contributed by atoms with Crippen LogP contribution in [0, 0.1) is 0 Å². The lowest BCUT2D eigenvalue weighted by molar-refractivity contribution is 0.102. The van der Waals surface area contributed by atoms with E-state index in [1.807, 2.05) is 66.7 Å². The van der Waals surface area contributed by atoms with Crippen LogP contribution in [-0.2, 0) is 0 Å². The SMILES string of the molecule is O=C(c1ccccc1)c1cc(-c2ccccc2)c(C(=O)c2ccccc2)cn1. The van der Waals surface area contributed by atoms with Crippen molar-refractivity contribution in [3.8, 4) is 11.1 Å². The average Bonchev–Trinajstić information content (AvgIpc) is 2.79. The van der Waals surface area contributed by atoms with Crippen molar-refractivity contribution in [3.63, 3.8) is 0 Å². The molecule has 0 amide bonds. The Morgan fingerprint density at radius 1 is 0.607 bits per heavy atom. The van der Waals surface area contributed by atoms with Crippen molar-refractivity contribution in [1.82, 2.24) is 4.98 Å². The fourth-order valence-corrected chi connectivity index (χ4v) is 3.10. The van der Waals surface area contributed by atoms with Gasteiger partial charge in [-0.2, -0.15) is 0 Å². The first kappa shape index (κ1) is 17.6. The molecule has 0 spiro atoms. The number of hydrogen-bond donors (Lipinski definition) is 0. The van der Waals surface area contributed by atoms with Crippen molar-refractivity contribution in [2.24, 2.45) is 0 Å². The Hall–Kier alpha value is -3.85. The standard InChI is InChI=1S/C25H17NO2/c27-24(19-12-6-2-7-13-19)22-17-26-23(25(28)20-14-8-3-9-15-20)16-21(22)18-10-4-1-5-11-18/h1-17H. The molecular weight excluding hydrogens is 346 g/mol. The van der Waals surface area contributed by atoms with Crippen molar-refractivity contribution in [2.75, 3.05) is 0 Å². The summed E-state index contributed by atoms with van der Waals surface area (Å²) in [5.41, 5.74) is 3.51. The molecular formula is C25H17NO2. The number of nitrogens with zero attached hydrogens (tertiary/aromatic N) is 1. The van der Waals surface area contributed by atoms with Crippen LogP contribution >= 0.6 is 0 Å². The number of hydrogen-bond acceptors (Lipinski definition) is 3. The van der Waals surface area contributed by atoms with Crippen molar-refractivity contribution in [3.05, 3.63) is 126 Å². The Kier molecular flexibility index (Phi) is 4.89. The first-order chi connectivity index (χ1) is 13.7. The van der Waals surface area contributed by atoms with E-state index in [-0.39, 0.29) is 11.6 Å². The molecule has 4 rings (SSSR count). The van der Waals surface area contributed by atoms with Crippen molar-refractivity contribution in [2.45, 2.75) is 0 Å². The van der Waals surface area contributed by atoms with E-state index in [1.54, 1.807) is 30.3 Å². The summed E-state index contributed by atoms with van der Waals surface area (Å²) in [6.07, 6.45) is 1.51. The summed E-state index contributed by atoms with van der Waals surface area (Å²) < 4.78 is 0. The van der Waals surface area contributed by atoms with Crippen molar-refractivity contribution in [1.29, 1.82) is 0 Å². The maximum atomic E-state index is 13.1. The van der Waals surface area contributed by atoms with Crippen molar-refractivity contribution >= 4 is 11.6 Å². The van der Waals surface area contributed by atoms with Gasteiger partial charge in [0.2, 0.25) is 5.78 Å². The highest BCUT2D eigenvalue weighted by Crippen LogP contribution is 2.27. The number of pyridine rings is 1. The topological polar surface area (TPSA) is 47.0 Å². The lowest BCUT2D eigenvalue weighted by atomic mass is 9.94. The van der Waals surface area contributed by atoms with Crippen LogP contribution in [0.15, 0.2) is 103 Å². The molecule has 28 heavy (non-hydrogen) atoms. The highest BCUT2D eigenvalue weighted by Gasteiger charge is 2.19. The molecule has 0 atom stereocenters. The lowest BCUT2D eigenvalue weighted by Gasteiger charge is -2.11. The molecule has 0 aliphatic heterocycles. The summed E-state index contributed by atoms with van der Waals surface area (Å²) in [6, 6.07) is 29.4. The number of ketones is 2. The van der Waals surface area contributed by atoms with Crippen LogP contribution < -0.4 is 0 Å². The van der Waals surface area contributed by atoms with Crippen LogP contribution in [0.4, 0.5) is 0 Å². The summed E-state index contributed by atoms with van der Waals surface area (Å²) in [5.74, 6) is -0.290. The normalized spacial score (nSPS) is 10.4. The van der Waals surface area contributed by atoms with Gasteiger partial charge in [0.15, 0.2) is 5.78 Å². The lowest BCUT2D eigenvalue weighted by Crippen LogP contribution is -2.09. The third-order valence-electron chi connectivity index (χ3n) is 4.54. The number of carbonyl (C=O) groups excluding carboxylic acids is 2. The summed E-state index contributed by atoms with van der Waals surface area (Å²) in [4.78, 5) is 30.2. The Balaban J connectivity index is 1.83. The monoisotopic (exact) mass is 363 g/mol. The highest BCUT2D eigenvalue weighted by atomic mass is 16.1. The van der Waals surface area contributed by atoms with Gasteiger partial charge in [-0.1, -0.05) is 91.0 Å². The minimum absolute atomic E-state index is 0.120. The minimum atomic E-state index is -0.170. The predicted octanol–water partition coefficient (Wildman–Crippen LogP) is 5.21. The van der Waals surface area contributed by atoms with Crippen LogP contribution in [0.5, 0.6) is 0 Å². The summed E-state index contributed by atoms with van der Waals surface area (Å²) in [7, 11) is 0. The summed E-state index contributed by atoms with van der Waals surface area (Å²) in [6.45, 7) is 0. The molecule has 0 fully saturated rings. The summed E-state index contributed by atoms with van der Waals surface area (Å²) >= 11 is 0. The molecule has 0 saturated carbocycles. The second-order valence-electron chi connectivity index (χ2n) is 6.37. The first-order valence-corrected chi connectivity index (χ1v) is 8.99. The molecule has 3 nitrogen and oxygen atoms in total. The molecule has 1 heterocycles. The molecule has 134 valence electrons. The Morgan fingerprint density at radius 2 is 1.11 bits per heavy atom. The molecule has 3 aromatic carbocycles. The minimum Gasteiger partial charge on any atom is -0.289 e. The van der Waals surface area contributed by atoms with Crippen LogP contribution in [0.3, 0.4) is 0 Å². The molecule has 0 N–H and O–H groups in total. The van der Waals surface area contributed by atoms with Gasteiger partial charge < -0.3 is 0 Å². The van der Waals surface area contributed by atoms with Gasteiger partial charge in [-0.3, -0.25) is 14.6 Å². The molecule has 1 aromatic heterocycles. The van der Waals surface area contributed by atoms with Crippen LogP contribution in [0.1, 0.15) is 32.0 Å². The van der Waals surface area contributed by atoms with Gasteiger partial charge in [0.1, 0.15) is 5.69 Å². The molecule has 4 aromatic rings. The van der Waals surface area contributed by atoms with Crippen molar-refractivity contribution < 1.29 is 9.59 Å². The van der Waals surface area contributed by atoms with Gasteiger partial charge in [0.05, 0.1) is 0 Å². The Morgan fingerprint density at radius 3 is 1.68 bits per heavy atom. The van der Waals surface area contributed by atoms with Gasteiger partial charge in [-0.15, -0.1) is 0 Å². The maximum absolute atomic E-state index is 13.1. The zero-order chi connectivity index (χ0) is 19.3. The van der Waals surface area contributed by atoms with E-state index < -0.39 is 0 Å². The number of carbonyl (C=O) groups is 2. The van der Waals surface area contributed by atoms with E-state index in [0.29, 0.717) is 27.9 Å². The van der Waals surface area contributed by atoms with Gasteiger partial charge >= 0.3 is 0 Å². The maximum Gasteiger partial charge on any atom is 0.211 e. The van der Waals surface area contributed by atoms with E-state index in [1.165, 1.54) is 6.20 Å². The first-order valence-electron chi connectivity index (χ1n) is 8.99. The van der Waals surface area contributed by atoms with Crippen LogP contribution in [0.25, 0.3) is 11.1 Å². The third kappa shape index (κ3) is 3.51. The van der Waals surface area contributed by atoms with E-state index in [9.17, 15) is 9.59 Å². The third-order valence-corrected chi connectivity index (χ3v) is 4.54. The molecule has 0 saturated heterocycles. The zero-order valence-corrected chi connectivity index (χ0v) is 15.1. The Labute approximate surface area is 163 Å². The largest absolute Gasteiger partial charge is 0.289 e. The fraction of sp³-hybridized carbons (Fsp3) is 0. The second-order valence-corrected chi connectivity index (χ2v) is 6.37. The zero-order valence-electron chi connectivity index (χ0n) is 15.1. The number of rotatable bonds is 5. The molecule has 0 aliphatic carbocycles. The van der Waals surface area contributed by atoms with Crippen LogP contribution in [-0.4, -0.2) is 16.6 Å². The molecule has 3 heteroatoms. The average molecular weight is 363 g/mol. The Bertz CT molecular complexity index is 1120. The quantitative estimate of drug-likeness (QED) is 0.457. The number of aromatic nitrogens is 1. The second kappa shape index (κ2) is 7.80. The van der Waals surface area contributed by atoms with E-state index in [4.69, 9.17) is 0 Å². The van der Waals surface area contributed by atoms with Gasteiger partial charge in [-0.05, 0) is 17.2 Å². The van der Waals surface area contributed by atoms with Gasteiger partial charge in [0.25, 0.3) is 0 Å². The van der Waals surface area contributed by atoms with Crippen LogP contribution in [0.2, 0.25) is 0 Å². The number of benzene rings is 3. The van der Waals surface area contributed by atoms with E-state index >= 15 is 0 Å². The van der Waals surface area contributed by atoms with Gasteiger partial charge in [-0.25, -0.2) is 0 Å². The fourth-order valence-electron chi connectivity index (χ4n) is 3.10. The highest BCUT2D eigenvalue weighted by molar-refractivity contribution is 6.14. The predicted molar refractivity (Wildman–Crippen MR) is 109 cm³/mol. The molecule has 0 bridgehead atoms. The smallest absolute Gasteiger partial charge is 0.211 e. The molecule has 0 aliphatic rings. The van der Waals surface area contributed by atoms with Gasteiger partial charge in [0, 0.05) is 22.9 Å².